The summed E-state index contributed by atoms with van der Waals surface area (Å²) in [6, 6.07) is 0. The van der Waals surface area contributed by atoms with Gasteiger partial charge in [-0.05, 0) is 18.8 Å². The first-order chi connectivity index (χ1) is 8.79. The largest absolute Gasteiger partial charge is 0.392 e. The summed E-state index contributed by atoms with van der Waals surface area (Å²) in [6.07, 6.45) is 2.83. The van der Waals surface area contributed by atoms with Crippen molar-refractivity contribution < 1.29 is 14.6 Å². The van der Waals surface area contributed by atoms with E-state index in [9.17, 15) is 5.11 Å². The zero-order valence-electron chi connectivity index (χ0n) is 10.7. The molecule has 0 amide bonds. The fourth-order valence-corrected chi connectivity index (χ4v) is 6.08. The van der Waals surface area contributed by atoms with Crippen LogP contribution in [0.5, 0.6) is 0 Å². The molecule has 3 rings (SSSR count). The molecule has 0 radical (unpaired) electrons. The van der Waals surface area contributed by atoms with Crippen LogP contribution in [0.1, 0.15) is 19.3 Å². The molecule has 3 fully saturated rings. The molecule has 3 heterocycles. The molecule has 4 unspecified atom stereocenters. The van der Waals surface area contributed by atoms with Crippen LogP contribution >= 0.6 is 23.5 Å². The molecule has 0 aliphatic carbocycles. The van der Waals surface area contributed by atoms with E-state index in [1.165, 1.54) is 11.5 Å². The summed E-state index contributed by atoms with van der Waals surface area (Å²) in [5.41, 5.74) is -0.0730. The van der Waals surface area contributed by atoms with Gasteiger partial charge in [0.05, 0.1) is 18.3 Å². The van der Waals surface area contributed by atoms with Gasteiger partial charge in [0, 0.05) is 42.1 Å². The minimum Gasteiger partial charge on any atom is -0.392 e. The van der Waals surface area contributed by atoms with E-state index >= 15 is 0 Å². The number of hydrogen-bond donors (Lipinski definition) is 1. The molecule has 3 saturated heterocycles. The van der Waals surface area contributed by atoms with Crippen LogP contribution < -0.4 is 0 Å². The Bertz CT molecular complexity index is 275. The molecule has 0 aromatic rings. The van der Waals surface area contributed by atoms with Crippen LogP contribution in [0.15, 0.2) is 0 Å². The number of aliphatic hydroxyl groups is 1. The van der Waals surface area contributed by atoms with Gasteiger partial charge < -0.3 is 14.6 Å². The summed E-state index contributed by atoms with van der Waals surface area (Å²) < 4.78 is 11.4. The third-order valence-corrected chi connectivity index (χ3v) is 7.17. The SMILES string of the molecule is OC(C1CCOC2(CCOC2)C1)C1CSCCS1. The highest BCUT2D eigenvalue weighted by molar-refractivity contribution is 8.06. The monoisotopic (exact) mass is 290 g/mol. The van der Waals surface area contributed by atoms with Crippen LogP contribution in [0.4, 0.5) is 0 Å². The molecular weight excluding hydrogens is 268 g/mol. The van der Waals surface area contributed by atoms with Crippen molar-refractivity contribution in [2.24, 2.45) is 5.92 Å². The summed E-state index contributed by atoms with van der Waals surface area (Å²) >= 11 is 3.94. The van der Waals surface area contributed by atoms with Gasteiger partial charge in [-0.1, -0.05) is 0 Å². The highest BCUT2D eigenvalue weighted by atomic mass is 32.2. The van der Waals surface area contributed by atoms with E-state index in [-0.39, 0.29) is 11.7 Å². The van der Waals surface area contributed by atoms with Crippen molar-refractivity contribution in [2.45, 2.75) is 36.2 Å². The fourth-order valence-electron chi connectivity index (χ4n) is 3.23. The Morgan fingerprint density at radius 2 is 2.22 bits per heavy atom. The Labute approximate surface area is 117 Å². The van der Waals surface area contributed by atoms with E-state index in [0.29, 0.717) is 11.2 Å². The van der Waals surface area contributed by atoms with E-state index < -0.39 is 0 Å². The molecule has 3 aliphatic rings. The van der Waals surface area contributed by atoms with Crippen molar-refractivity contribution in [3.8, 4) is 0 Å². The molecule has 1 N–H and O–H groups in total. The first-order valence-electron chi connectivity index (χ1n) is 6.88. The Kier molecular flexibility index (Phi) is 4.46. The maximum absolute atomic E-state index is 10.6. The molecule has 5 heteroatoms. The maximum Gasteiger partial charge on any atom is 0.0940 e. The molecule has 0 aromatic carbocycles. The Hall–Kier alpha value is 0.580. The second kappa shape index (κ2) is 5.92. The number of rotatable bonds is 2. The summed E-state index contributed by atoms with van der Waals surface area (Å²) in [7, 11) is 0. The molecule has 3 aliphatic heterocycles. The molecule has 0 saturated carbocycles. The molecule has 1 spiro atoms. The van der Waals surface area contributed by atoms with E-state index in [1.54, 1.807) is 0 Å². The Balaban J connectivity index is 1.60. The van der Waals surface area contributed by atoms with Gasteiger partial charge in [0.25, 0.3) is 0 Å². The van der Waals surface area contributed by atoms with Crippen molar-refractivity contribution in [2.75, 3.05) is 37.1 Å². The van der Waals surface area contributed by atoms with Crippen molar-refractivity contribution in [1.29, 1.82) is 0 Å². The topological polar surface area (TPSA) is 38.7 Å². The first kappa shape index (κ1) is 13.6. The lowest BCUT2D eigenvalue weighted by atomic mass is 9.81. The molecule has 104 valence electrons. The Morgan fingerprint density at radius 3 is 2.94 bits per heavy atom. The lowest BCUT2D eigenvalue weighted by molar-refractivity contribution is -0.115. The zero-order valence-corrected chi connectivity index (χ0v) is 12.3. The maximum atomic E-state index is 10.6. The normalized spacial score (nSPS) is 43.2. The quantitative estimate of drug-likeness (QED) is 0.839. The molecule has 4 atom stereocenters. The predicted molar refractivity (Wildman–Crippen MR) is 76.4 cm³/mol. The summed E-state index contributed by atoms with van der Waals surface area (Å²) in [5.74, 6) is 3.92. The van der Waals surface area contributed by atoms with Crippen molar-refractivity contribution in [3.05, 3.63) is 0 Å². The van der Waals surface area contributed by atoms with E-state index in [2.05, 4.69) is 0 Å². The number of aliphatic hydroxyl groups excluding tert-OH is 1. The van der Waals surface area contributed by atoms with E-state index in [1.807, 2.05) is 23.5 Å². The lowest BCUT2D eigenvalue weighted by Gasteiger charge is -2.41. The predicted octanol–water partition coefficient (Wildman–Crippen LogP) is 1.78. The van der Waals surface area contributed by atoms with Gasteiger partial charge in [0.2, 0.25) is 0 Å². The average molecular weight is 290 g/mol. The van der Waals surface area contributed by atoms with Gasteiger partial charge in [0.15, 0.2) is 0 Å². The van der Waals surface area contributed by atoms with E-state index in [4.69, 9.17) is 9.47 Å². The third kappa shape index (κ3) is 2.85. The number of hydrogen-bond acceptors (Lipinski definition) is 5. The summed E-state index contributed by atoms with van der Waals surface area (Å²) in [6.45, 7) is 2.33. The van der Waals surface area contributed by atoms with Gasteiger partial charge in [-0.15, -0.1) is 0 Å². The van der Waals surface area contributed by atoms with Crippen LogP contribution in [0.3, 0.4) is 0 Å². The lowest BCUT2D eigenvalue weighted by Crippen LogP contribution is -2.46. The molecule has 0 aromatic heterocycles. The van der Waals surface area contributed by atoms with Gasteiger partial charge in [-0.25, -0.2) is 0 Å². The van der Waals surface area contributed by atoms with Crippen molar-refractivity contribution in [3.63, 3.8) is 0 Å². The molecule has 3 nitrogen and oxygen atoms in total. The standard InChI is InChI=1S/C13H22O3S2/c14-12(11-8-17-5-6-18-11)10-1-3-16-13(7-10)2-4-15-9-13/h10-12,14H,1-9H2. The van der Waals surface area contributed by atoms with Crippen LogP contribution in [0, 0.1) is 5.92 Å². The van der Waals surface area contributed by atoms with Crippen LogP contribution in [0.25, 0.3) is 0 Å². The summed E-state index contributed by atoms with van der Waals surface area (Å²) in [5, 5.41) is 11.0. The molecule has 18 heavy (non-hydrogen) atoms. The van der Waals surface area contributed by atoms with Crippen LogP contribution in [-0.2, 0) is 9.47 Å². The average Bonchev–Trinajstić information content (AvgIpc) is 2.87. The zero-order chi connectivity index (χ0) is 12.4. The van der Waals surface area contributed by atoms with Gasteiger partial charge >= 0.3 is 0 Å². The second-order valence-electron chi connectivity index (χ2n) is 5.56. The van der Waals surface area contributed by atoms with Crippen molar-refractivity contribution >= 4 is 23.5 Å². The van der Waals surface area contributed by atoms with Gasteiger partial charge in [-0.2, -0.15) is 23.5 Å². The Morgan fingerprint density at radius 1 is 1.28 bits per heavy atom. The highest BCUT2D eigenvalue weighted by Crippen LogP contribution is 2.40. The molecular formula is C13H22O3S2. The number of thioether (sulfide) groups is 2. The van der Waals surface area contributed by atoms with Gasteiger partial charge in [-0.3, -0.25) is 0 Å². The smallest absolute Gasteiger partial charge is 0.0940 e. The number of ether oxygens (including phenoxy) is 2. The highest BCUT2D eigenvalue weighted by Gasteiger charge is 2.44. The second-order valence-corrected chi connectivity index (χ2v) is 8.06. The third-order valence-electron chi connectivity index (χ3n) is 4.30. The minimum absolute atomic E-state index is 0.0730. The fraction of sp³-hybridized carbons (Fsp3) is 1.00. The van der Waals surface area contributed by atoms with E-state index in [0.717, 1.165) is 44.8 Å². The van der Waals surface area contributed by atoms with Crippen LogP contribution in [0.2, 0.25) is 0 Å². The minimum atomic E-state index is -0.163. The molecule has 0 bridgehead atoms. The van der Waals surface area contributed by atoms with Gasteiger partial charge in [0.1, 0.15) is 0 Å². The first-order valence-corrected chi connectivity index (χ1v) is 9.09. The van der Waals surface area contributed by atoms with Crippen molar-refractivity contribution in [1.82, 2.24) is 0 Å². The summed E-state index contributed by atoms with van der Waals surface area (Å²) in [4.78, 5) is 0. The van der Waals surface area contributed by atoms with Crippen LogP contribution in [-0.4, -0.2) is 59.1 Å².